The zero-order valence-corrected chi connectivity index (χ0v) is 13.3. The van der Waals surface area contributed by atoms with Crippen molar-refractivity contribution in [3.05, 3.63) is 52.6 Å². The Kier molecular flexibility index (Phi) is 4.81. The van der Waals surface area contributed by atoms with Crippen LogP contribution in [-0.2, 0) is 14.8 Å². The number of hydrogen-bond donors (Lipinski definition) is 3. The molecule has 4 N–H and O–H groups in total. The summed E-state index contributed by atoms with van der Waals surface area (Å²) in [6, 6.07) is 9.80. The molecule has 10 heteroatoms. The van der Waals surface area contributed by atoms with Gasteiger partial charge >= 0.3 is 0 Å². The predicted molar refractivity (Wildman–Crippen MR) is 88.5 cm³/mol. The Bertz CT molecular complexity index is 894. The third kappa shape index (κ3) is 4.27. The zero-order valence-electron chi connectivity index (χ0n) is 12.5. The second kappa shape index (κ2) is 6.64. The Morgan fingerprint density at radius 2 is 1.71 bits per heavy atom. The van der Waals surface area contributed by atoms with Gasteiger partial charge in [0.25, 0.3) is 5.69 Å². The topological polar surface area (TPSA) is 144 Å². The molecule has 126 valence electrons. The number of hydrogen-bond acceptors (Lipinski definition) is 6. The number of anilines is 3. The summed E-state index contributed by atoms with van der Waals surface area (Å²) in [5, 5.41) is 21.5. The maximum atomic E-state index is 11.3. The van der Waals surface area contributed by atoms with Gasteiger partial charge in [-0.1, -0.05) is 0 Å². The van der Waals surface area contributed by atoms with Gasteiger partial charge in [-0.25, -0.2) is 13.6 Å². The van der Waals surface area contributed by atoms with Crippen molar-refractivity contribution in [2.45, 2.75) is 11.8 Å². The number of benzene rings is 2. The molecule has 24 heavy (non-hydrogen) atoms. The van der Waals surface area contributed by atoms with Crippen LogP contribution in [0.2, 0.25) is 0 Å². The molecule has 2 aromatic rings. The highest BCUT2D eigenvalue weighted by Gasteiger charge is 2.19. The fourth-order valence-corrected chi connectivity index (χ4v) is 2.47. The molecule has 0 saturated carbocycles. The van der Waals surface area contributed by atoms with Gasteiger partial charge in [-0.05, 0) is 36.4 Å². The molecule has 0 aromatic heterocycles. The van der Waals surface area contributed by atoms with Gasteiger partial charge in [0, 0.05) is 24.4 Å². The van der Waals surface area contributed by atoms with Crippen molar-refractivity contribution in [2.24, 2.45) is 5.14 Å². The minimum atomic E-state index is -4.04. The molecule has 2 aromatic carbocycles. The summed E-state index contributed by atoms with van der Waals surface area (Å²) in [7, 11) is -4.04. The van der Waals surface area contributed by atoms with E-state index in [1.807, 2.05) is 0 Å². The van der Waals surface area contributed by atoms with Crippen LogP contribution in [0.3, 0.4) is 0 Å². The van der Waals surface area contributed by atoms with Crippen molar-refractivity contribution in [1.82, 2.24) is 0 Å². The summed E-state index contributed by atoms with van der Waals surface area (Å²) in [5.74, 6) is -0.218. The monoisotopic (exact) mass is 350 g/mol. The van der Waals surface area contributed by atoms with E-state index < -0.39 is 20.6 Å². The molecule has 0 bridgehead atoms. The maximum Gasteiger partial charge on any atom is 0.294 e. The Morgan fingerprint density at radius 3 is 2.21 bits per heavy atom. The highest BCUT2D eigenvalue weighted by atomic mass is 32.2. The molecule has 0 heterocycles. The first kappa shape index (κ1) is 17.4. The minimum Gasteiger partial charge on any atom is -0.350 e. The van der Waals surface area contributed by atoms with E-state index in [0.29, 0.717) is 11.4 Å². The van der Waals surface area contributed by atoms with E-state index in [0.717, 1.165) is 6.07 Å². The maximum absolute atomic E-state index is 11.3. The largest absolute Gasteiger partial charge is 0.350 e. The lowest BCUT2D eigenvalue weighted by atomic mass is 10.2. The first-order valence-corrected chi connectivity index (χ1v) is 8.17. The fraction of sp³-hybridized carbons (Fsp3) is 0.0714. The van der Waals surface area contributed by atoms with Crippen molar-refractivity contribution in [3.63, 3.8) is 0 Å². The number of nitrogens with one attached hydrogen (secondary N) is 2. The Labute approximate surface area is 137 Å². The van der Waals surface area contributed by atoms with Crippen LogP contribution in [0.1, 0.15) is 6.92 Å². The molecule has 9 nitrogen and oxygen atoms in total. The van der Waals surface area contributed by atoms with Crippen molar-refractivity contribution in [2.75, 3.05) is 10.6 Å². The second-order valence-corrected chi connectivity index (χ2v) is 6.43. The first-order chi connectivity index (χ1) is 11.2. The van der Waals surface area contributed by atoms with Crippen molar-refractivity contribution >= 4 is 38.7 Å². The van der Waals surface area contributed by atoms with Crippen LogP contribution in [-0.4, -0.2) is 19.2 Å². The van der Waals surface area contributed by atoms with Gasteiger partial charge < -0.3 is 10.6 Å². The van der Waals surface area contributed by atoms with Crippen LogP contribution in [0.4, 0.5) is 22.7 Å². The van der Waals surface area contributed by atoms with Crippen LogP contribution in [0, 0.1) is 10.1 Å². The summed E-state index contributed by atoms with van der Waals surface area (Å²) in [5.41, 5.74) is 0.787. The number of nitrogens with two attached hydrogens (primary N) is 1. The van der Waals surface area contributed by atoms with Crippen LogP contribution in [0.5, 0.6) is 0 Å². The number of primary sulfonamides is 1. The van der Waals surface area contributed by atoms with Gasteiger partial charge in [-0.2, -0.15) is 0 Å². The molecule has 0 unspecified atom stereocenters. The molecule has 0 radical (unpaired) electrons. The molecule has 0 saturated heterocycles. The Morgan fingerprint density at radius 1 is 1.12 bits per heavy atom. The first-order valence-electron chi connectivity index (χ1n) is 6.63. The van der Waals surface area contributed by atoms with E-state index in [1.165, 1.54) is 19.1 Å². The quantitative estimate of drug-likeness (QED) is 0.555. The molecule has 0 spiro atoms. The lowest BCUT2D eigenvalue weighted by Crippen LogP contribution is -2.12. The van der Waals surface area contributed by atoms with Gasteiger partial charge in [0.1, 0.15) is 5.69 Å². The fourth-order valence-electron chi connectivity index (χ4n) is 1.94. The van der Waals surface area contributed by atoms with Crippen molar-refractivity contribution in [1.29, 1.82) is 0 Å². The van der Waals surface area contributed by atoms with Gasteiger partial charge in [0.15, 0.2) is 0 Å². The molecule has 0 aliphatic rings. The van der Waals surface area contributed by atoms with Crippen LogP contribution >= 0.6 is 0 Å². The average molecular weight is 350 g/mol. The van der Waals surface area contributed by atoms with Crippen molar-refractivity contribution in [3.8, 4) is 0 Å². The van der Waals surface area contributed by atoms with E-state index in [-0.39, 0.29) is 16.5 Å². The smallest absolute Gasteiger partial charge is 0.294 e. The van der Waals surface area contributed by atoms with Crippen molar-refractivity contribution < 1.29 is 18.1 Å². The third-order valence-corrected chi connectivity index (χ3v) is 3.89. The standard InChI is InChI=1S/C14H14N4O5S/c1-9(19)16-10-2-4-11(5-3-10)17-13-7-6-12(24(15,22)23)8-14(13)18(20)21/h2-8,17H,1H3,(H,16,19)(H2,15,22,23). The molecular weight excluding hydrogens is 336 g/mol. The highest BCUT2D eigenvalue weighted by molar-refractivity contribution is 7.89. The molecule has 0 fully saturated rings. The number of rotatable bonds is 5. The van der Waals surface area contributed by atoms with Gasteiger partial charge in [0.2, 0.25) is 15.9 Å². The minimum absolute atomic E-state index is 0.111. The molecule has 1 amide bonds. The zero-order chi connectivity index (χ0) is 17.9. The number of nitro benzene ring substituents is 1. The summed E-state index contributed by atoms with van der Waals surface area (Å²) < 4.78 is 22.6. The SMILES string of the molecule is CC(=O)Nc1ccc(Nc2ccc(S(N)(=O)=O)cc2[N+](=O)[O-])cc1. The number of sulfonamides is 1. The molecule has 0 aliphatic heterocycles. The number of carbonyl (C=O) groups is 1. The van der Waals surface area contributed by atoms with Gasteiger partial charge in [-0.3, -0.25) is 14.9 Å². The van der Waals surface area contributed by atoms with Crippen LogP contribution < -0.4 is 15.8 Å². The number of nitro groups is 1. The third-order valence-electron chi connectivity index (χ3n) is 2.98. The van der Waals surface area contributed by atoms with Crippen LogP contribution in [0.15, 0.2) is 47.4 Å². The molecular formula is C14H14N4O5S. The van der Waals surface area contributed by atoms with Gasteiger partial charge in [0.05, 0.1) is 9.82 Å². The van der Waals surface area contributed by atoms with E-state index in [2.05, 4.69) is 10.6 Å². The molecule has 0 aliphatic carbocycles. The van der Waals surface area contributed by atoms with E-state index in [1.54, 1.807) is 24.3 Å². The van der Waals surface area contributed by atoms with Crippen LogP contribution in [0.25, 0.3) is 0 Å². The second-order valence-electron chi connectivity index (χ2n) is 4.86. The number of amides is 1. The predicted octanol–water partition coefficient (Wildman–Crippen LogP) is 1.94. The number of nitrogens with zero attached hydrogens (tertiary/aromatic N) is 1. The summed E-state index contributed by atoms with van der Waals surface area (Å²) in [4.78, 5) is 21.1. The Balaban J connectivity index is 2.32. The lowest BCUT2D eigenvalue weighted by molar-refractivity contribution is -0.384. The average Bonchev–Trinajstić information content (AvgIpc) is 2.47. The summed E-state index contributed by atoms with van der Waals surface area (Å²) >= 11 is 0. The molecule has 0 atom stereocenters. The van der Waals surface area contributed by atoms with Gasteiger partial charge in [-0.15, -0.1) is 0 Å². The lowest BCUT2D eigenvalue weighted by Gasteiger charge is -2.09. The van der Waals surface area contributed by atoms with E-state index >= 15 is 0 Å². The highest BCUT2D eigenvalue weighted by Crippen LogP contribution is 2.30. The number of carbonyl (C=O) groups excluding carboxylic acids is 1. The van der Waals surface area contributed by atoms with E-state index in [4.69, 9.17) is 5.14 Å². The molecule has 2 rings (SSSR count). The summed E-state index contributed by atoms with van der Waals surface area (Å²) in [6.45, 7) is 1.38. The summed E-state index contributed by atoms with van der Waals surface area (Å²) in [6.07, 6.45) is 0. The Hall–Kier alpha value is -2.98. The van der Waals surface area contributed by atoms with E-state index in [9.17, 15) is 23.3 Å². The normalized spacial score (nSPS) is 10.9.